The smallest absolute Gasteiger partial charge is 0.264 e. The molecule has 0 heterocycles. The quantitative estimate of drug-likeness (QED) is 0.522. The van der Waals surface area contributed by atoms with Gasteiger partial charge in [-0.25, -0.2) is 21.2 Å². The van der Waals surface area contributed by atoms with Gasteiger partial charge in [0.1, 0.15) is 12.4 Å². The van der Waals surface area contributed by atoms with E-state index in [1.807, 2.05) is 0 Å². The third-order valence-corrected chi connectivity index (χ3v) is 7.84. The van der Waals surface area contributed by atoms with Crippen LogP contribution >= 0.6 is 0 Å². The third kappa shape index (κ3) is 5.96. The Hall–Kier alpha value is -3.24. The molecule has 0 saturated carbocycles. The second-order valence-electron chi connectivity index (χ2n) is 7.43. The molecule has 0 saturated heterocycles. The molecule has 1 N–H and O–H groups in total. The molecule has 1 amide bonds. The summed E-state index contributed by atoms with van der Waals surface area (Å²) in [4.78, 5) is 12.9. The Morgan fingerprint density at radius 1 is 0.879 bits per heavy atom. The maximum Gasteiger partial charge on any atom is 0.264 e. The van der Waals surface area contributed by atoms with E-state index >= 15 is 0 Å². The van der Waals surface area contributed by atoms with Crippen molar-refractivity contribution in [1.82, 2.24) is 5.32 Å². The number of nitrogens with zero attached hydrogens (tertiary/aromatic N) is 1. The van der Waals surface area contributed by atoms with Crippen LogP contribution in [0.5, 0.6) is 0 Å². The minimum atomic E-state index is -4.10. The van der Waals surface area contributed by atoms with Crippen LogP contribution in [0.4, 0.5) is 10.1 Å². The van der Waals surface area contributed by atoms with Gasteiger partial charge in [0.2, 0.25) is 5.91 Å². The summed E-state index contributed by atoms with van der Waals surface area (Å²) in [6.45, 7) is 1.16. The van der Waals surface area contributed by atoms with Crippen molar-refractivity contribution in [2.75, 3.05) is 17.1 Å². The van der Waals surface area contributed by atoms with E-state index in [1.54, 1.807) is 37.3 Å². The maximum atomic E-state index is 13.4. The first-order chi connectivity index (χ1) is 15.5. The lowest BCUT2D eigenvalue weighted by Gasteiger charge is -2.25. The summed E-state index contributed by atoms with van der Waals surface area (Å²) in [6, 6.07) is 18.0. The first-order valence-corrected chi connectivity index (χ1v) is 13.2. The fourth-order valence-electron chi connectivity index (χ4n) is 3.15. The van der Waals surface area contributed by atoms with Crippen molar-refractivity contribution >= 4 is 31.5 Å². The largest absolute Gasteiger partial charge is 0.348 e. The molecule has 0 aliphatic rings. The molecule has 10 heteroatoms. The number of carbonyl (C=O) groups is 1. The van der Waals surface area contributed by atoms with Gasteiger partial charge in [-0.3, -0.25) is 9.10 Å². The molecular weight excluding hydrogens is 467 g/mol. The predicted octanol–water partition coefficient (Wildman–Crippen LogP) is 3.30. The molecule has 1 atom stereocenters. The van der Waals surface area contributed by atoms with E-state index in [9.17, 15) is 26.0 Å². The standard InChI is InChI=1S/C23H23FN2O5S2/c1-17(18-8-14-21(15-9-18)32(2,28)29)25-23(27)16-26(20-12-10-19(24)11-13-20)33(30,31)22-6-4-3-5-7-22/h3-15,17H,16H2,1-2H3,(H,25,27)/t17-/m0/s1. The number of halogens is 1. The van der Waals surface area contributed by atoms with Crippen molar-refractivity contribution in [3.8, 4) is 0 Å². The minimum absolute atomic E-state index is 0.00784. The summed E-state index contributed by atoms with van der Waals surface area (Å²) in [7, 11) is -7.45. The number of hydrogen-bond acceptors (Lipinski definition) is 5. The Morgan fingerprint density at radius 2 is 1.45 bits per heavy atom. The first-order valence-electron chi connectivity index (χ1n) is 9.91. The van der Waals surface area contributed by atoms with Crippen LogP contribution in [0.1, 0.15) is 18.5 Å². The zero-order valence-corrected chi connectivity index (χ0v) is 19.6. The second-order valence-corrected chi connectivity index (χ2v) is 11.3. The molecule has 0 unspecified atom stereocenters. The highest BCUT2D eigenvalue weighted by Crippen LogP contribution is 2.24. The number of carbonyl (C=O) groups excluding carboxylic acids is 1. The third-order valence-electron chi connectivity index (χ3n) is 4.92. The van der Waals surface area contributed by atoms with Gasteiger partial charge in [-0.05, 0) is 61.0 Å². The molecule has 0 spiro atoms. The molecule has 3 rings (SSSR count). The molecular formula is C23H23FN2O5S2. The van der Waals surface area contributed by atoms with Gasteiger partial charge in [-0.1, -0.05) is 30.3 Å². The molecule has 7 nitrogen and oxygen atoms in total. The summed E-state index contributed by atoms with van der Waals surface area (Å²) in [6.07, 6.45) is 1.10. The average molecular weight is 491 g/mol. The summed E-state index contributed by atoms with van der Waals surface area (Å²) in [5.74, 6) is -1.12. The van der Waals surface area contributed by atoms with Gasteiger partial charge >= 0.3 is 0 Å². The zero-order chi connectivity index (χ0) is 24.2. The molecule has 0 fully saturated rings. The molecule has 0 aliphatic carbocycles. The number of benzene rings is 3. The van der Waals surface area contributed by atoms with Gasteiger partial charge in [0.15, 0.2) is 9.84 Å². The van der Waals surface area contributed by atoms with E-state index < -0.39 is 44.2 Å². The van der Waals surface area contributed by atoms with E-state index in [0.717, 1.165) is 22.7 Å². The number of sulfonamides is 1. The van der Waals surface area contributed by atoms with E-state index in [1.165, 1.54) is 36.4 Å². The van der Waals surface area contributed by atoms with E-state index in [0.29, 0.717) is 5.56 Å². The van der Waals surface area contributed by atoms with Crippen molar-refractivity contribution in [1.29, 1.82) is 0 Å². The van der Waals surface area contributed by atoms with Crippen LogP contribution in [0.3, 0.4) is 0 Å². The number of nitrogens with one attached hydrogen (secondary N) is 1. The zero-order valence-electron chi connectivity index (χ0n) is 18.0. The highest BCUT2D eigenvalue weighted by molar-refractivity contribution is 7.93. The topological polar surface area (TPSA) is 101 Å². The highest BCUT2D eigenvalue weighted by atomic mass is 32.2. The fraction of sp³-hybridized carbons (Fsp3) is 0.174. The van der Waals surface area contributed by atoms with Crippen LogP contribution in [0, 0.1) is 5.82 Å². The lowest BCUT2D eigenvalue weighted by atomic mass is 10.1. The summed E-state index contributed by atoms with van der Waals surface area (Å²) in [5, 5.41) is 2.72. The summed E-state index contributed by atoms with van der Waals surface area (Å²) >= 11 is 0. The normalized spacial score (nSPS) is 12.7. The van der Waals surface area contributed by atoms with E-state index in [2.05, 4.69) is 5.32 Å². The van der Waals surface area contributed by atoms with E-state index in [-0.39, 0.29) is 15.5 Å². The van der Waals surface area contributed by atoms with Crippen molar-refractivity contribution in [3.63, 3.8) is 0 Å². The van der Waals surface area contributed by atoms with Crippen molar-refractivity contribution in [2.24, 2.45) is 0 Å². The Labute approximate surface area is 192 Å². The van der Waals surface area contributed by atoms with Gasteiger partial charge < -0.3 is 5.32 Å². The second kappa shape index (κ2) is 9.72. The Kier molecular flexibility index (Phi) is 7.19. The van der Waals surface area contributed by atoms with Crippen molar-refractivity contribution in [2.45, 2.75) is 22.8 Å². The fourth-order valence-corrected chi connectivity index (χ4v) is 5.22. The highest BCUT2D eigenvalue weighted by Gasteiger charge is 2.27. The number of sulfone groups is 1. The van der Waals surface area contributed by atoms with Crippen LogP contribution < -0.4 is 9.62 Å². The van der Waals surface area contributed by atoms with Crippen LogP contribution in [0.15, 0.2) is 88.7 Å². The van der Waals surface area contributed by atoms with Crippen LogP contribution in [-0.2, 0) is 24.7 Å². The SMILES string of the molecule is C[C@H](NC(=O)CN(c1ccc(F)cc1)S(=O)(=O)c1ccccc1)c1ccc(S(C)(=O)=O)cc1. The Bertz CT molecular complexity index is 1330. The average Bonchev–Trinajstić information content (AvgIpc) is 2.78. The predicted molar refractivity (Wildman–Crippen MR) is 123 cm³/mol. The number of rotatable bonds is 8. The molecule has 0 aromatic heterocycles. The van der Waals surface area contributed by atoms with Gasteiger partial charge in [-0.2, -0.15) is 0 Å². The summed E-state index contributed by atoms with van der Waals surface area (Å²) < 4.78 is 64.0. The summed E-state index contributed by atoms with van der Waals surface area (Å²) in [5.41, 5.74) is 0.788. The molecule has 33 heavy (non-hydrogen) atoms. The number of anilines is 1. The lowest BCUT2D eigenvalue weighted by Crippen LogP contribution is -2.41. The Morgan fingerprint density at radius 3 is 2.00 bits per heavy atom. The van der Waals surface area contributed by atoms with Gasteiger partial charge in [0.25, 0.3) is 10.0 Å². The number of amides is 1. The van der Waals surface area contributed by atoms with Crippen LogP contribution in [-0.4, -0.2) is 35.5 Å². The molecule has 3 aromatic rings. The molecule has 3 aromatic carbocycles. The van der Waals surface area contributed by atoms with Crippen molar-refractivity contribution < 1.29 is 26.0 Å². The minimum Gasteiger partial charge on any atom is -0.348 e. The van der Waals surface area contributed by atoms with Gasteiger partial charge in [-0.15, -0.1) is 0 Å². The molecule has 174 valence electrons. The monoisotopic (exact) mass is 490 g/mol. The van der Waals surface area contributed by atoms with Crippen LogP contribution in [0.2, 0.25) is 0 Å². The first kappa shape index (κ1) is 24.4. The van der Waals surface area contributed by atoms with Gasteiger partial charge in [0, 0.05) is 6.26 Å². The van der Waals surface area contributed by atoms with Crippen LogP contribution in [0.25, 0.3) is 0 Å². The number of hydrogen-bond donors (Lipinski definition) is 1. The maximum absolute atomic E-state index is 13.4. The lowest BCUT2D eigenvalue weighted by molar-refractivity contribution is -0.120. The molecule has 0 bridgehead atoms. The van der Waals surface area contributed by atoms with Crippen molar-refractivity contribution in [3.05, 3.63) is 90.2 Å². The molecule has 0 aliphatic heterocycles. The van der Waals surface area contributed by atoms with Gasteiger partial charge in [0.05, 0.1) is 21.5 Å². The van der Waals surface area contributed by atoms with E-state index in [4.69, 9.17) is 0 Å². The Balaban J connectivity index is 1.84. The molecule has 0 radical (unpaired) electrons.